The maximum absolute atomic E-state index is 11.3. The number of ether oxygens (including phenoxy) is 1. The molecule has 0 aliphatic rings. The Balaban J connectivity index is 2.28. The van der Waals surface area contributed by atoms with Crippen molar-refractivity contribution in [1.82, 2.24) is 15.1 Å². The summed E-state index contributed by atoms with van der Waals surface area (Å²) >= 11 is 0. The number of rotatable bonds is 3. The number of amides is 1. The van der Waals surface area contributed by atoms with Crippen molar-refractivity contribution < 1.29 is 9.53 Å². The zero-order valence-corrected chi connectivity index (χ0v) is 10.7. The van der Waals surface area contributed by atoms with Gasteiger partial charge < -0.3 is 10.1 Å². The SMILES string of the molecule is Cn1cc(C=CCNC(=O)OC(C)(C)C)cn1. The van der Waals surface area contributed by atoms with E-state index in [1.807, 2.05) is 46.2 Å². The van der Waals surface area contributed by atoms with Crippen LogP contribution in [0.2, 0.25) is 0 Å². The van der Waals surface area contributed by atoms with Gasteiger partial charge >= 0.3 is 6.09 Å². The van der Waals surface area contributed by atoms with Gasteiger partial charge in [-0.2, -0.15) is 5.10 Å². The van der Waals surface area contributed by atoms with Crippen molar-refractivity contribution in [2.24, 2.45) is 7.05 Å². The molecule has 17 heavy (non-hydrogen) atoms. The van der Waals surface area contributed by atoms with Crippen LogP contribution in [0.1, 0.15) is 26.3 Å². The van der Waals surface area contributed by atoms with Gasteiger partial charge in [0.1, 0.15) is 5.60 Å². The third kappa shape index (κ3) is 5.75. The molecule has 5 nitrogen and oxygen atoms in total. The van der Waals surface area contributed by atoms with Crippen LogP contribution in [-0.2, 0) is 11.8 Å². The number of alkyl carbamates (subject to hydrolysis) is 1. The molecule has 0 aliphatic carbocycles. The first-order chi connectivity index (χ1) is 7.87. The van der Waals surface area contributed by atoms with Crippen molar-refractivity contribution in [1.29, 1.82) is 0 Å². The Morgan fingerprint density at radius 2 is 2.29 bits per heavy atom. The lowest BCUT2D eigenvalue weighted by molar-refractivity contribution is 0.0534. The van der Waals surface area contributed by atoms with Gasteiger partial charge in [0, 0.05) is 25.4 Å². The molecular weight excluding hydrogens is 218 g/mol. The van der Waals surface area contributed by atoms with E-state index >= 15 is 0 Å². The fourth-order valence-corrected chi connectivity index (χ4v) is 1.18. The predicted octanol–water partition coefficient (Wildman–Crippen LogP) is 1.96. The number of aryl methyl sites for hydroxylation is 1. The number of hydrogen-bond donors (Lipinski definition) is 1. The van der Waals surface area contributed by atoms with Gasteiger partial charge in [-0.25, -0.2) is 4.79 Å². The van der Waals surface area contributed by atoms with E-state index in [2.05, 4.69) is 10.4 Å². The van der Waals surface area contributed by atoms with Crippen LogP contribution in [0.15, 0.2) is 18.5 Å². The summed E-state index contributed by atoms with van der Waals surface area (Å²) < 4.78 is 6.82. The zero-order chi connectivity index (χ0) is 12.9. The highest BCUT2D eigenvalue weighted by molar-refractivity contribution is 5.68. The molecular formula is C12H19N3O2. The van der Waals surface area contributed by atoms with Crippen molar-refractivity contribution in [2.45, 2.75) is 26.4 Å². The van der Waals surface area contributed by atoms with Gasteiger partial charge in [0.05, 0.1) is 6.20 Å². The molecule has 0 aromatic carbocycles. The Morgan fingerprint density at radius 3 is 2.82 bits per heavy atom. The minimum atomic E-state index is -0.461. The van der Waals surface area contributed by atoms with Crippen molar-refractivity contribution in [3.05, 3.63) is 24.0 Å². The zero-order valence-electron chi connectivity index (χ0n) is 10.7. The molecule has 0 bridgehead atoms. The highest BCUT2D eigenvalue weighted by atomic mass is 16.6. The van der Waals surface area contributed by atoms with Gasteiger partial charge in [-0.1, -0.05) is 12.2 Å². The lowest BCUT2D eigenvalue weighted by Gasteiger charge is -2.19. The highest BCUT2D eigenvalue weighted by Gasteiger charge is 2.14. The molecule has 0 saturated carbocycles. The van der Waals surface area contributed by atoms with Gasteiger partial charge in [-0.3, -0.25) is 4.68 Å². The summed E-state index contributed by atoms with van der Waals surface area (Å²) in [5, 5.41) is 6.67. The van der Waals surface area contributed by atoms with E-state index in [1.165, 1.54) is 0 Å². The lowest BCUT2D eigenvalue weighted by atomic mass is 10.2. The molecule has 1 N–H and O–H groups in total. The molecule has 5 heteroatoms. The van der Waals surface area contributed by atoms with E-state index in [-0.39, 0.29) is 0 Å². The van der Waals surface area contributed by atoms with Crippen molar-refractivity contribution in [3.63, 3.8) is 0 Å². The number of carbonyl (C=O) groups is 1. The monoisotopic (exact) mass is 237 g/mol. The van der Waals surface area contributed by atoms with Crippen molar-refractivity contribution in [3.8, 4) is 0 Å². The molecule has 1 heterocycles. The van der Waals surface area contributed by atoms with E-state index in [1.54, 1.807) is 10.9 Å². The summed E-state index contributed by atoms with van der Waals surface area (Å²) in [4.78, 5) is 11.3. The maximum atomic E-state index is 11.3. The molecule has 0 aliphatic heterocycles. The van der Waals surface area contributed by atoms with E-state index < -0.39 is 11.7 Å². The molecule has 0 unspecified atom stereocenters. The second kappa shape index (κ2) is 5.52. The summed E-state index contributed by atoms with van der Waals surface area (Å²) in [5.74, 6) is 0. The number of aromatic nitrogens is 2. The van der Waals surface area contributed by atoms with Crippen LogP contribution in [0.3, 0.4) is 0 Å². The van der Waals surface area contributed by atoms with E-state index in [9.17, 15) is 4.79 Å². The average molecular weight is 237 g/mol. The van der Waals surface area contributed by atoms with E-state index in [4.69, 9.17) is 4.74 Å². The van der Waals surface area contributed by atoms with Crippen molar-refractivity contribution >= 4 is 12.2 Å². The Bertz CT molecular complexity index is 402. The van der Waals surface area contributed by atoms with Gasteiger partial charge in [0.15, 0.2) is 0 Å². The summed E-state index contributed by atoms with van der Waals surface area (Å²) in [5.41, 5.74) is 0.537. The fourth-order valence-electron chi connectivity index (χ4n) is 1.18. The Labute approximate surface area is 101 Å². The van der Waals surface area contributed by atoms with Crippen LogP contribution in [0, 0.1) is 0 Å². The van der Waals surface area contributed by atoms with Gasteiger partial charge in [-0.05, 0) is 20.8 Å². The van der Waals surface area contributed by atoms with Crippen LogP contribution in [0.25, 0.3) is 6.08 Å². The Morgan fingerprint density at radius 1 is 1.59 bits per heavy atom. The van der Waals surface area contributed by atoms with Crippen LogP contribution < -0.4 is 5.32 Å². The first-order valence-corrected chi connectivity index (χ1v) is 5.49. The largest absolute Gasteiger partial charge is 0.444 e. The van der Waals surface area contributed by atoms with Gasteiger partial charge in [0.25, 0.3) is 0 Å². The average Bonchev–Trinajstić information content (AvgIpc) is 2.56. The second-order valence-electron chi connectivity index (χ2n) is 4.73. The number of nitrogens with zero attached hydrogens (tertiary/aromatic N) is 2. The third-order valence-corrected chi connectivity index (χ3v) is 1.80. The first kappa shape index (κ1) is 13.3. The molecule has 1 aromatic heterocycles. The lowest BCUT2D eigenvalue weighted by Crippen LogP contribution is -2.32. The molecule has 0 fully saturated rings. The smallest absolute Gasteiger partial charge is 0.407 e. The predicted molar refractivity (Wildman–Crippen MR) is 66.5 cm³/mol. The van der Waals surface area contributed by atoms with Crippen LogP contribution in [-0.4, -0.2) is 28.0 Å². The molecule has 0 atom stereocenters. The maximum Gasteiger partial charge on any atom is 0.407 e. The molecule has 0 radical (unpaired) electrons. The summed E-state index contributed by atoms with van der Waals surface area (Å²) in [6.07, 6.45) is 6.98. The third-order valence-electron chi connectivity index (χ3n) is 1.80. The first-order valence-electron chi connectivity index (χ1n) is 5.49. The molecule has 1 rings (SSSR count). The summed E-state index contributed by atoms with van der Waals surface area (Å²) in [7, 11) is 1.86. The van der Waals surface area contributed by atoms with Crippen LogP contribution in [0.4, 0.5) is 4.79 Å². The van der Waals surface area contributed by atoms with E-state index in [0.717, 1.165) is 5.56 Å². The Kier molecular flexibility index (Phi) is 4.31. The molecule has 0 spiro atoms. The fraction of sp³-hybridized carbons (Fsp3) is 0.500. The standard InChI is InChI=1S/C12H19N3O2/c1-12(2,3)17-11(16)13-7-5-6-10-8-14-15(4)9-10/h5-6,8-9H,7H2,1-4H3,(H,13,16). The number of carbonyl (C=O) groups excluding carboxylic acids is 1. The second-order valence-corrected chi connectivity index (χ2v) is 4.73. The number of nitrogens with one attached hydrogen (secondary N) is 1. The highest BCUT2D eigenvalue weighted by Crippen LogP contribution is 2.06. The van der Waals surface area contributed by atoms with E-state index in [0.29, 0.717) is 6.54 Å². The molecule has 0 saturated heterocycles. The molecule has 1 amide bonds. The summed E-state index contributed by atoms with van der Waals surface area (Å²) in [6, 6.07) is 0. The normalized spacial score (nSPS) is 11.8. The number of hydrogen-bond acceptors (Lipinski definition) is 3. The Hall–Kier alpha value is -1.78. The summed E-state index contributed by atoms with van der Waals surface area (Å²) in [6.45, 7) is 5.93. The van der Waals surface area contributed by atoms with Gasteiger partial charge in [0.2, 0.25) is 0 Å². The topological polar surface area (TPSA) is 56.2 Å². The minimum Gasteiger partial charge on any atom is -0.444 e. The molecule has 94 valence electrons. The van der Waals surface area contributed by atoms with Crippen LogP contribution >= 0.6 is 0 Å². The molecule has 1 aromatic rings. The van der Waals surface area contributed by atoms with Gasteiger partial charge in [-0.15, -0.1) is 0 Å². The van der Waals surface area contributed by atoms with Crippen molar-refractivity contribution in [2.75, 3.05) is 6.54 Å². The minimum absolute atomic E-state index is 0.409. The quantitative estimate of drug-likeness (QED) is 0.874. The van der Waals surface area contributed by atoms with Crippen LogP contribution in [0.5, 0.6) is 0 Å².